The van der Waals surface area contributed by atoms with Crippen LogP contribution in [0.5, 0.6) is 5.75 Å². The first-order valence-electron chi connectivity index (χ1n) is 11.3. The molecule has 1 atom stereocenters. The molecule has 1 aliphatic rings. The van der Waals surface area contributed by atoms with Gasteiger partial charge in [0, 0.05) is 35.4 Å². The van der Waals surface area contributed by atoms with E-state index in [9.17, 15) is 14.7 Å². The SMILES string of the molecule is Cc1sc(-c2ccccc2)nc1C(=O)NCc1cc(CC(OC(C)C)C(=O)O)cc2c1OCC2. The van der Waals surface area contributed by atoms with Crippen molar-refractivity contribution >= 4 is 23.2 Å². The monoisotopic (exact) mass is 480 g/mol. The predicted molar refractivity (Wildman–Crippen MR) is 130 cm³/mol. The van der Waals surface area contributed by atoms with E-state index in [0.29, 0.717) is 12.3 Å². The normalized spacial score (nSPS) is 13.4. The molecule has 178 valence electrons. The van der Waals surface area contributed by atoms with E-state index in [-0.39, 0.29) is 25.0 Å². The third-order valence-electron chi connectivity index (χ3n) is 5.53. The van der Waals surface area contributed by atoms with Gasteiger partial charge >= 0.3 is 5.97 Å². The molecule has 0 fully saturated rings. The van der Waals surface area contributed by atoms with Crippen molar-refractivity contribution < 1.29 is 24.2 Å². The number of carboxylic acid groups (broad SMARTS) is 1. The second kappa shape index (κ2) is 10.4. The van der Waals surface area contributed by atoms with Crippen LogP contribution in [0.2, 0.25) is 0 Å². The Hall–Kier alpha value is -3.23. The molecule has 0 radical (unpaired) electrons. The number of benzene rings is 2. The van der Waals surface area contributed by atoms with Gasteiger partial charge in [-0.3, -0.25) is 4.79 Å². The number of carboxylic acids is 1. The van der Waals surface area contributed by atoms with Gasteiger partial charge < -0.3 is 19.9 Å². The number of carbonyl (C=O) groups excluding carboxylic acids is 1. The van der Waals surface area contributed by atoms with Crippen molar-refractivity contribution in [3.63, 3.8) is 0 Å². The molecule has 2 N–H and O–H groups in total. The molecule has 1 amide bonds. The number of thiazole rings is 1. The summed E-state index contributed by atoms with van der Waals surface area (Å²) in [5.41, 5.74) is 4.08. The Labute approximate surface area is 202 Å². The molecule has 3 aromatic rings. The lowest BCUT2D eigenvalue weighted by molar-refractivity contribution is -0.153. The number of hydrogen-bond donors (Lipinski definition) is 2. The third kappa shape index (κ3) is 5.46. The minimum Gasteiger partial charge on any atom is -0.493 e. The largest absolute Gasteiger partial charge is 0.493 e. The standard InChI is InChI=1S/C26H28N2O5S/c1-15(2)33-21(26(30)31)13-17-11-19-9-10-32-23(19)20(12-17)14-27-24(29)22-16(3)34-25(28-22)18-7-5-4-6-8-18/h4-8,11-12,15,21H,9-10,13-14H2,1-3H3,(H,27,29)(H,30,31). The number of rotatable bonds is 9. The zero-order chi connectivity index (χ0) is 24.2. The van der Waals surface area contributed by atoms with Crippen molar-refractivity contribution in [3.8, 4) is 16.3 Å². The Morgan fingerprint density at radius 2 is 2.00 bits per heavy atom. The summed E-state index contributed by atoms with van der Waals surface area (Å²) in [6.07, 6.45) is -0.136. The molecule has 7 nitrogen and oxygen atoms in total. The van der Waals surface area contributed by atoms with E-state index in [1.807, 2.05) is 63.2 Å². The van der Waals surface area contributed by atoms with Gasteiger partial charge in [0.1, 0.15) is 16.5 Å². The van der Waals surface area contributed by atoms with Crippen molar-refractivity contribution in [1.82, 2.24) is 10.3 Å². The maximum atomic E-state index is 13.0. The lowest BCUT2D eigenvalue weighted by atomic mass is 9.99. The van der Waals surface area contributed by atoms with E-state index in [0.717, 1.165) is 44.3 Å². The molecular weight excluding hydrogens is 452 g/mol. The fourth-order valence-corrected chi connectivity index (χ4v) is 4.93. The van der Waals surface area contributed by atoms with E-state index in [2.05, 4.69) is 10.3 Å². The number of aromatic nitrogens is 1. The summed E-state index contributed by atoms with van der Waals surface area (Å²) < 4.78 is 11.4. The van der Waals surface area contributed by atoms with Gasteiger partial charge in [-0.25, -0.2) is 9.78 Å². The summed E-state index contributed by atoms with van der Waals surface area (Å²) in [6, 6.07) is 13.6. The molecule has 0 saturated carbocycles. The van der Waals surface area contributed by atoms with Crippen molar-refractivity contribution in [3.05, 3.63) is 69.7 Å². The van der Waals surface area contributed by atoms with Gasteiger partial charge in [0.05, 0.1) is 12.7 Å². The molecule has 4 rings (SSSR count). The maximum Gasteiger partial charge on any atom is 0.333 e. The molecule has 1 aliphatic heterocycles. The van der Waals surface area contributed by atoms with Gasteiger partial charge in [0.15, 0.2) is 6.10 Å². The Balaban J connectivity index is 1.51. The first-order valence-corrected chi connectivity index (χ1v) is 12.1. The smallest absolute Gasteiger partial charge is 0.333 e. The molecule has 8 heteroatoms. The lowest BCUT2D eigenvalue weighted by Crippen LogP contribution is -2.29. The molecule has 2 heterocycles. The van der Waals surface area contributed by atoms with E-state index < -0.39 is 12.1 Å². The highest BCUT2D eigenvalue weighted by molar-refractivity contribution is 7.15. The number of nitrogens with one attached hydrogen (secondary N) is 1. The number of amides is 1. The highest BCUT2D eigenvalue weighted by Crippen LogP contribution is 2.32. The van der Waals surface area contributed by atoms with E-state index >= 15 is 0 Å². The third-order valence-corrected chi connectivity index (χ3v) is 6.55. The minimum atomic E-state index is -0.992. The van der Waals surface area contributed by atoms with Crippen LogP contribution in [0.15, 0.2) is 42.5 Å². The van der Waals surface area contributed by atoms with Crippen LogP contribution in [0.3, 0.4) is 0 Å². The predicted octanol–water partition coefficient (Wildman–Crippen LogP) is 4.40. The Bertz CT molecular complexity index is 1190. The number of aliphatic carboxylic acids is 1. The van der Waals surface area contributed by atoms with Crippen LogP contribution < -0.4 is 10.1 Å². The van der Waals surface area contributed by atoms with Gasteiger partial charge in [-0.2, -0.15) is 0 Å². The molecule has 0 spiro atoms. The lowest BCUT2D eigenvalue weighted by Gasteiger charge is -2.18. The van der Waals surface area contributed by atoms with E-state index in [4.69, 9.17) is 9.47 Å². The van der Waals surface area contributed by atoms with Gasteiger partial charge in [-0.05, 0) is 31.9 Å². The molecule has 0 bridgehead atoms. The average molecular weight is 481 g/mol. The zero-order valence-electron chi connectivity index (χ0n) is 19.5. The molecule has 2 aromatic carbocycles. The summed E-state index contributed by atoms with van der Waals surface area (Å²) in [5.74, 6) is -0.478. The Kier molecular flexibility index (Phi) is 7.29. The van der Waals surface area contributed by atoms with Crippen LogP contribution in [-0.2, 0) is 28.9 Å². The van der Waals surface area contributed by atoms with Gasteiger partial charge in [0.25, 0.3) is 5.91 Å². The topological polar surface area (TPSA) is 97.8 Å². The summed E-state index contributed by atoms with van der Waals surface area (Å²) in [5, 5.41) is 13.3. The Morgan fingerprint density at radius 1 is 1.24 bits per heavy atom. The van der Waals surface area contributed by atoms with Crippen LogP contribution in [0.1, 0.15) is 45.9 Å². The highest BCUT2D eigenvalue weighted by Gasteiger charge is 2.24. The van der Waals surface area contributed by atoms with E-state index in [1.54, 1.807) is 0 Å². The van der Waals surface area contributed by atoms with Crippen molar-refractivity contribution in [2.75, 3.05) is 6.61 Å². The molecule has 0 aliphatic carbocycles. The molecule has 0 saturated heterocycles. The van der Waals surface area contributed by atoms with Crippen LogP contribution in [0.25, 0.3) is 10.6 Å². The van der Waals surface area contributed by atoms with Crippen LogP contribution in [-0.4, -0.2) is 40.8 Å². The van der Waals surface area contributed by atoms with Crippen LogP contribution >= 0.6 is 11.3 Å². The number of carbonyl (C=O) groups is 2. The van der Waals surface area contributed by atoms with Crippen LogP contribution in [0.4, 0.5) is 0 Å². The zero-order valence-corrected chi connectivity index (χ0v) is 20.3. The molecule has 34 heavy (non-hydrogen) atoms. The van der Waals surface area contributed by atoms with Crippen molar-refractivity contribution in [2.45, 2.75) is 52.4 Å². The van der Waals surface area contributed by atoms with Crippen LogP contribution in [0, 0.1) is 6.92 Å². The van der Waals surface area contributed by atoms with Gasteiger partial charge in [-0.15, -0.1) is 11.3 Å². The quantitative estimate of drug-likeness (QED) is 0.471. The highest BCUT2D eigenvalue weighted by atomic mass is 32.1. The molecule has 1 aromatic heterocycles. The summed E-state index contributed by atoms with van der Waals surface area (Å²) in [7, 11) is 0. The number of ether oxygens (including phenoxy) is 2. The number of aryl methyl sites for hydroxylation is 1. The minimum absolute atomic E-state index is 0.195. The fraction of sp³-hybridized carbons (Fsp3) is 0.346. The molecule has 1 unspecified atom stereocenters. The summed E-state index contributed by atoms with van der Waals surface area (Å²) in [4.78, 5) is 30.0. The van der Waals surface area contributed by atoms with Crippen molar-refractivity contribution in [2.24, 2.45) is 0 Å². The number of hydrogen-bond acceptors (Lipinski definition) is 6. The van der Waals surface area contributed by atoms with Gasteiger partial charge in [0.2, 0.25) is 0 Å². The second-order valence-electron chi connectivity index (χ2n) is 8.53. The van der Waals surface area contributed by atoms with Gasteiger partial charge in [-0.1, -0.05) is 42.5 Å². The first-order chi connectivity index (χ1) is 16.3. The fourth-order valence-electron chi connectivity index (χ4n) is 4.02. The second-order valence-corrected chi connectivity index (χ2v) is 9.73. The summed E-state index contributed by atoms with van der Waals surface area (Å²) >= 11 is 1.49. The first kappa shape index (κ1) is 23.9. The number of nitrogens with zero attached hydrogens (tertiary/aromatic N) is 1. The van der Waals surface area contributed by atoms with Crippen molar-refractivity contribution in [1.29, 1.82) is 0 Å². The Morgan fingerprint density at radius 3 is 2.71 bits per heavy atom. The molecular formula is C26H28N2O5S. The van der Waals surface area contributed by atoms with E-state index in [1.165, 1.54) is 11.3 Å². The average Bonchev–Trinajstić information content (AvgIpc) is 3.43. The summed E-state index contributed by atoms with van der Waals surface area (Å²) in [6.45, 7) is 6.35. The maximum absolute atomic E-state index is 13.0. The number of fused-ring (bicyclic) bond motifs is 1.